The van der Waals surface area contributed by atoms with E-state index in [9.17, 15) is 13.2 Å². The van der Waals surface area contributed by atoms with Crippen LogP contribution in [0.1, 0.15) is 15.9 Å². The number of nitrogens with one attached hydrogen (secondary N) is 2. The molecule has 6 nitrogen and oxygen atoms in total. The molecule has 8 heteroatoms. The van der Waals surface area contributed by atoms with Gasteiger partial charge in [0.25, 0.3) is 15.9 Å². The summed E-state index contributed by atoms with van der Waals surface area (Å²) in [5, 5.41) is 4.46. The number of carbonyl (C=O) groups excluding carboxylic acids is 1. The van der Waals surface area contributed by atoms with Crippen molar-refractivity contribution in [3.8, 4) is 0 Å². The zero-order valence-electron chi connectivity index (χ0n) is 14.5. The maximum absolute atomic E-state index is 12.3. The lowest BCUT2D eigenvalue weighted by Gasteiger charge is -2.08. The van der Waals surface area contributed by atoms with Crippen molar-refractivity contribution >= 4 is 39.4 Å². The van der Waals surface area contributed by atoms with E-state index in [1.807, 2.05) is 0 Å². The molecule has 0 unspecified atom stereocenters. The molecule has 3 aromatic rings. The van der Waals surface area contributed by atoms with Crippen LogP contribution < -0.4 is 10.1 Å². The summed E-state index contributed by atoms with van der Waals surface area (Å²) in [7, 11) is -3.68. The van der Waals surface area contributed by atoms with E-state index in [0.717, 1.165) is 5.56 Å². The Kier molecular flexibility index (Phi) is 6.08. The fourth-order valence-electron chi connectivity index (χ4n) is 2.32. The van der Waals surface area contributed by atoms with Crippen LogP contribution in [0.15, 0.2) is 88.9 Å². The molecule has 3 rings (SSSR count). The third kappa shape index (κ3) is 5.18. The molecule has 3 aromatic carbocycles. The number of nitrogens with zero attached hydrogens (tertiary/aromatic N) is 1. The summed E-state index contributed by atoms with van der Waals surface area (Å²) in [6, 6.07) is 21.1. The first-order valence-corrected chi connectivity index (χ1v) is 10.1. The second-order valence-electron chi connectivity index (χ2n) is 5.75. The minimum Gasteiger partial charge on any atom is -0.280 e. The molecule has 0 heterocycles. The first-order valence-electron chi connectivity index (χ1n) is 8.21. The first-order chi connectivity index (χ1) is 13.4. The summed E-state index contributed by atoms with van der Waals surface area (Å²) in [5.74, 6) is -0.421. The molecule has 0 bridgehead atoms. The zero-order chi connectivity index (χ0) is 20.0. The molecular weight excluding hydrogens is 398 g/mol. The lowest BCUT2D eigenvalue weighted by atomic mass is 10.2. The van der Waals surface area contributed by atoms with Crippen LogP contribution in [0.4, 0.5) is 5.69 Å². The molecule has 1 amide bonds. The van der Waals surface area contributed by atoms with E-state index in [-0.39, 0.29) is 4.90 Å². The fraction of sp³-hybridized carbons (Fsp3) is 0. The smallest absolute Gasteiger partial charge is 0.271 e. The molecule has 0 atom stereocenters. The highest BCUT2D eigenvalue weighted by Crippen LogP contribution is 2.16. The molecule has 0 aromatic heterocycles. The van der Waals surface area contributed by atoms with E-state index in [1.54, 1.807) is 42.5 Å². The Morgan fingerprint density at radius 3 is 2.32 bits per heavy atom. The molecular formula is C20H16ClN3O3S. The second kappa shape index (κ2) is 8.69. The maximum Gasteiger partial charge on any atom is 0.271 e. The summed E-state index contributed by atoms with van der Waals surface area (Å²) in [6.45, 7) is 0. The monoisotopic (exact) mass is 413 g/mol. The van der Waals surface area contributed by atoms with Crippen LogP contribution in [0, 0.1) is 0 Å². The Hall–Kier alpha value is -3.16. The van der Waals surface area contributed by atoms with Gasteiger partial charge in [-0.2, -0.15) is 5.10 Å². The van der Waals surface area contributed by atoms with E-state index < -0.39 is 15.9 Å². The molecule has 142 valence electrons. The van der Waals surface area contributed by atoms with Crippen molar-refractivity contribution < 1.29 is 13.2 Å². The Morgan fingerprint density at radius 2 is 1.64 bits per heavy atom. The van der Waals surface area contributed by atoms with Gasteiger partial charge in [-0.05, 0) is 54.1 Å². The predicted molar refractivity (Wildman–Crippen MR) is 110 cm³/mol. The SMILES string of the molecule is O=C(N/N=C/c1cccc(Cl)c1)c1ccc(NS(=O)(=O)c2ccccc2)cc1. The van der Waals surface area contributed by atoms with Gasteiger partial charge in [0.15, 0.2) is 0 Å². The van der Waals surface area contributed by atoms with Gasteiger partial charge in [0.2, 0.25) is 0 Å². The Bertz CT molecular complexity index is 1100. The number of halogens is 1. The average molecular weight is 414 g/mol. The number of rotatable bonds is 6. The van der Waals surface area contributed by atoms with Crippen LogP contribution in [0.2, 0.25) is 5.02 Å². The minimum absolute atomic E-state index is 0.159. The van der Waals surface area contributed by atoms with Crippen molar-refractivity contribution in [1.82, 2.24) is 5.43 Å². The van der Waals surface area contributed by atoms with Crippen LogP contribution in [-0.4, -0.2) is 20.5 Å². The Balaban J connectivity index is 1.63. The number of carbonyl (C=O) groups is 1. The molecule has 0 aliphatic rings. The van der Waals surface area contributed by atoms with Gasteiger partial charge in [-0.1, -0.05) is 41.9 Å². The number of benzene rings is 3. The van der Waals surface area contributed by atoms with Crippen molar-refractivity contribution in [2.75, 3.05) is 4.72 Å². The highest BCUT2D eigenvalue weighted by molar-refractivity contribution is 7.92. The van der Waals surface area contributed by atoms with Crippen molar-refractivity contribution in [1.29, 1.82) is 0 Å². The molecule has 0 aliphatic heterocycles. The Labute approximate surface area is 167 Å². The predicted octanol–water partition coefficient (Wildman–Crippen LogP) is 3.90. The van der Waals surface area contributed by atoms with Crippen molar-refractivity contribution in [3.05, 3.63) is 95.0 Å². The highest BCUT2D eigenvalue weighted by atomic mass is 35.5. The van der Waals surface area contributed by atoms with Crippen LogP contribution in [0.25, 0.3) is 0 Å². The molecule has 0 radical (unpaired) electrons. The van der Waals surface area contributed by atoms with Gasteiger partial charge < -0.3 is 0 Å². The number of amides is 1. The summed E-state index contributed by atoms with van der Waals surface area (Å²) in [4.78, 5) is 12.3. The quantitative estimate of drug-likeness (QED) is 0.474. The molecule has 2 N–H and O–H groups in total. The average Bonchev–Trinajstić information content (AvgIpc) is 2.69. The number of sulfonamides is 1. The standard InChI is InChI=1S/C20H16ClN3O3S/c21-17-6-4-5-15(13-17)14-22-23-20(25)16-9-11-18(12-10-16)24-28(26,27)19-7-2-1-3-8-19/h1-14,24H,(H,23,25)/b22-14+. The van der Waals surface area contributed by atoms with Gasteiger partial charge in [0.1, 0.15) is 0 Å². The topological polar surface area (TPSA) is 87.6 Å². The van der Waals surface area contributed by atoms with Gasteiger partial charge in [0.05, 0.1) is 11.1 Å². The van der Waals surface area contributed by atoms with Crippen LogP contribution in [-0.2, 0) is 10.0 Å². The molecule has 28 heavy (non-hydrogen) atoms. The fourth-order valence-corrected chi connectivity index (χ4v) is 3.60. The van der Waals surface area contributed by atoms with E-state index in [1.165, 1.54) is 42.6 Å². The molecule has 0 aliphatic carbocycles. The zero-order valence-corrected chi connectivity index (χ0v) is 16.1. The first kappa shape index (κ1) is 19.6. The summed E-state index contributed by atoms with van der Waals surface area (Å²) >= 11 is 5.88. The van der Waals surface area contributed by atoms with Crippen LogP contribution in [0.3, 0.4) is 0 Å². The molecule has 0 saturated carbocycles. The van der Waals surface area contributed by atoms with Gasteiger partial charge >= 0.3 is 0 Å². The van der Waals surface area contributed by atoms with E-state index in [2.05, 4.69) is 15.2 Å². The highest BCUT2D eigenvalue weighted by Gasteiger charge is 2.13. The van der Waals surface area contributed by atoms with Crippen molar-refractivity contribution in [3.63, 3.8) is 0 Å². The lowest BCUT2D eigenvalue weighted by Crippen LogP contribution is -2.18. The number of hydrogen-bond donors (Lipinski definition) is 2. The van der Waals surface area contributed by atoms with Gasteiger partial charge in [-0.3, -0.25) is 9.52 Å². The van der Waals surface area contributed by atoms with Crippen molar-refractivity contribution in [2.45, 2.75) is 4.90 Å². The van der Waals surface area contributed by atoms with E-state index in [4.69, 9.17) is 11.6 Å². The molecule has 0 saturated heterocycles. The second-order valence-corrected chi connectivity index (χ2v) is 7.87. The Morgan fingerprint density at radius 1 is 0.929 bits per heavy atom. The maximum atomic E-state index is 12.3. The largest absolute Gasteiger partial charge is 0.280 e. The number of anilines is 1. The minimum atomic E-state index is -3.68. The number of hydrogen-bond acceptors (Lipinski definition) is 4. The lowest BCUT2D eigenvalue weighted by molar-refractivity contribution is 0.0955. The van der Waals surface area contributed by atoms with E-state index in [0.29, 0.717) is 16.3 Å². The summed E-state index contributed by atoms with van der Waals surface area (Å²) in [5.41, 5.74) is 3.85. The summed E-state index contributed by atoms with van der Waals surface area (Å²) < 4.78 is 27.1. The van der Waals surface area contributed by atoms with Gasteiger partial charge in [0, 0.05) is 16.3 Å². The van der Waals surface area contributed by atoms with Crippen LogP contribution in [0.5, 0.6) is 0 Å². The normalized spacial score (nSPS) is 11.3. The van der Waals surface area contributed by atoms with Gasteiger partial charge in [-0.25, -0.2) is 13.8 Å². The molecule has 0 spiro atoms. The molecule has 0 fully saturated rings. The van der Waals surface area contributed by atoms with Crippen molar-refractivity contribution in [2.24, 2.45) is 5.10 Å². The summed E-state index contributed by atoms with van der Waals surface area (Å²) in [6.07, 6.45) is 1.48. The van der Waals surface area contributed by atoms with Crippen LogP contribution >= 0.6 is 11.6 Å². The third-order valence-corrected chi connectivity index (χ3v) is 5.31. The third-order valence-electron chi connectivity index (χ3n) is 3.68. The van der Waals surface area contributed by atoms with Gasteiger partial charge in [-0.15, -0.1) is 0 Å². The number of hydrazone groups is 1. The van der Waals surface area contributed by atoms with E-state index >= 15 is 0 Å².